The second-order valence-electron chi connectivity index (χ2n) is 5.43. The van der Waals surface area contributed by atoms with E-state index in [1.807, 2.05) is 13.0 Å². The number of H-pyrrole nitrogens is 1. The van der Waals surface area contributed by atoms with Crippen LogP contribution in [0.15, 0.2) is 36.4 Å². The van der Waals surface area contributed by atoms with Crippen molar-refractivity contribution in [1.29, 1.82) is 0 Å². The molecule has 3 rings (SSSR count). The summed E-state index contributed by atoms with van der Waals surface area (Å²) in [7, 11) is 1.57. The van der Waals surface area contributed by atoms with Crippen molar-refractivity contribution in [2.75, 3.05) is 7.11 Å². The molecular formula is C18H16FNO3. The molecule has 1 heterocycles. The van der Waals surface area contributed by atoms with Gasteiger partial charge in [-0.2, -0.15) is 0 Å². The maximum absolute atomic E-state index is 13.6. The van der Waals surface area contributed by atoms with Crippen molar-refractivity contribution in [2.45, 2.75) is 13.3 Å². The van der Waals surface area contributed by atoms with Gasteiger partial charge in [-0.05, 0) is 42.3 Å². The molecule has 0 aliphatic heterocycles. The number of ether oxygens (including phenoxy) is 1. The van der Waals surface area contributed by atoms with Crippen LogP contribution in [0.5, 0.6) is 5.75 Å². The van der Waals surface area contributed by atoms with Crippen molar-refractivity contribution >= 4 is 16.9 Å². The van der Waals surface area contributed by atoms with Gasteiger partial charge in [0.05, 0.1) is 19.2 Å². The number of benzene rings is 2. The minimum atomic E-state index is -0.941. The average Bonchev–Trinajstić information content (AvgIpc) is 2.86. The normalized spacial score (nSPS) is 10.9. The lowest BCUT2D eigenvalue weighted by Gasteiger charge is -2.04. The van der Waals surface area contributed by atoms with E-state index in [9.17, 15) is 14.3 Å². The molecule has 0 aliphatic carbocycles. The van der Waals surface area contributed by atoms with Crippen molar-refractivity contribution < 1.29 is 19.0 Å². The van der Waals surface area contributed by atoms with Crippen molar-refractivity contribution in [2.24, 2.45) is 0 Å². The van der Waals surface area contributed by atoms with Gasteiger partial charge in [0.25, 0.3) is 0 Å². The minimum absolute atomic E-state index is 0.154. The second-order valence-corrected chi connectivity index (χ2v) is 5.43. The lowest BCUT2D eigenvalue weighted by molar-refractivity contribution is -0.136. The quantitative estimate of drug-likeness (QED) is 0.767. The Balaban J connectivity index is 2.32. The number of aromatic nitrogens is 1. The molecule has 0 unspecified atom stereocenters. The first kappa shape index (κ1) is 15.1. The van der Waals surface area contributed by atoms with E-state index in [1.54, 1.807) is 25.3 Å². The third kappa shape index (κ3) is 2.77. The van der Waals surface area contributed by atoms with Crippen LogP contribution in [0.2, 0.25) is 0 Å². The molecule has 118 valence electrons. The lowest BCUT2D eigenvalue weighted by atomic mass is 10.0. The monoisotopic (exact) mass is 313 g/mol. The van der Waals surface area contributed by atoms with Crippen molar-refractivity contribution in [3.05, 3.63) is 53.3 Å². The summed E-state index contributed by atoms with van der Waals surface area (Å²) in [6.45, 7) is 1.92. The predicted molar refractivity (Wildman–Crippen MR) is 86.3 cm³/mol. The highest BCUT2D eigenvalue weighted by atomic mass is 19.1. The van der Waals surface area contributed by atoms with Crippen LogP contribution < -0.4 is 4.74 Å². The summed E-state index contributed by atoms with van der Waals surface area (Å²) in [4.78, 5) is 14.5. The van der Waals surface area contributed by atoms with Crippen molar-refractivity contribution in [3.63, 3.8) is 0 Å². The Kier molecular flexibility index (Phi) is 3.78. The second kappa shape index (κ2) is 5.76. The largest absolute Gasteiger partial charge is 0.497 e. The van der Waals surface area contributed by atoms with E-state index in [1.165, 1.54) is 12.1 Å². The molecule has 5 heteroatoms. The highest BCUT2D eigenvalue weighted by molar-refractivity contribution is 5.96. The first-order valence-electron chi connectivity index (χ1n) is 7.16. The van der Waals surface area contributed by atoms with Crippen LogP contribution in [0, 0.1) is 12.7 Å². The molecule has 0 fully saturated rings. The molecule has 0 bridgehead atoms. The SMILES string of the molecule is COc1cc(C)c2[nH]c(-c3cccc(F)c3)c(CC(=O)O)c2c1. The molecule has 0 atom stereocenters. The van der Waals surface area contributed by atoms with Gasteiger partial charge in [-0.3, -0.25) is 4.79 Å². The fourth-order valence-electron chi connectivity index (χ4n) is 2.84. The first-order valence-corrected chi connectivity index (χ1v) is 7.16. The van der Waals surface area contributed by atoms with Crippen LogP contribution in [0.3, 0.4) is 0 Å². The standard InChI is InChI=1S/C18H16FNO3/c1-10-6-13(23-2)8-14-15(9-16(21)22)18(20-17(10)14)11-4-3-5-12(19)7-11/h3-8,20H,9H2,1-2H3,(H,21,22). The molecule has 0 saturated carbocycles. The topological polar surface area (TPSA) is 62.3 Å². The highest BCUT2D eigenvalue weighted by Gasteiger charge is 2.18. The Hall–Kier alpha value is -2.82. The fourth-order valence-corrected chi connectivity index (χ4v) is 2.84. The number of hydrogen-bond acceptors (Lipinski definition) is 2. The Morgan fingerprint density at radius 3 is 2.74 bits per heavy atom. The Labute approximate surface area is 132 Å². The fraction of sp³-hybridized carbons (Fsp3) is 0.167. The molecule has 2 aromatic carbocycles. The van der Waals surface area contributed by atoms with E-state index in [4.69, 9.17) is 4.74 Å². The summed E-state index contributed by atoms with van der Waals surface area (Å²) < 4.78 is 18.8. The van der Waals surface area contributed by atoms with Crippen LogP contribution in [0.4, 0.5) is 4.39 Å². The molecule has 0 spiro atoms. The Morgan fingerprint density at radius 1 is 1.30 bits per heavy atom. The summed E-state index contributed by atoms with van der Waals surface area (Å²) >= 11 is 0. The van der Waals surface area contributed by atoms with Gasteiger partial charge in [0.1, 0.15) is 11.6 Å². The summed E-state index contributed by atoms with van der Waals surface area (Å²) in [5.41, 5.74) is 3.64. The lowest BCUT2D eigenvalue weighted by Crippen LogP contribution is -2.01. The molecule has 0 radical (unpaired) electrons. The summed E-state index contributed by atoms with van der Waals surface area (Å²) in [6.07, 6.45) is -0.154. The number of hydrogen-bond donors (Lipinski definition) is 2. The molecule has 0 saturated heterocycles. The maximum Gasteiger partial charge on any atom is 0.307 e. The number of fused-ring (bicyclic) bond motifs is 1. The Morgan fingerprint density at radius 2 is 2.09 bits per heavy atom. The van der Waals surface area contributed by atoms with E-state index >= 15 is 0 Å². The maximum atomic E-state index is 13.6. The number of aromatic amines is 1. The molecule has 4 nitrogen and oxygen atoms in total. The van der Waals surface area contributed by atoms with Gasteiger partial charge in [-0.25, -0.2) is 4.39 Å². The number of aliphatic carboxylic acids is 1. The van der Waals surface area contributed by atoms with Gasteiger partial charge >= 0.3 is 5.97 Å². The molecule has 3 aromatic rings. The van der Waals surface area contributed by atoms with Gasteiger partial charge in [0.15, 0.2) is 0 Å². The van der Waals surface area contributed by atoms with E-state index in [2.05, 4.69) is 4.98 Å². The molecule has 0 aliphatic rings. The number of halogens is 1. The van der Waals surface area contributed by atoms with Gasteiger partial charge in [0.2, 0.25) is 0 Å². The van der Waals surface area contributed by atoms with E-state index in [0.717, 1.165) is 16.5 Å². The zero-order valence-corrected chi connectivity index (χ0v) is 12.8. The molecular weight excluding hydrogens is 297 g/mol. The van der Waals surface area contributed by atoms with Gasteiger partial charge in [-0.1, -0.05) is 12.1 Å². The molecule has 2 N–H and O–H groups in total. The summed E-state index contributed by atoms with van der Waals surface area (Å²) in [5.74, 6) is -0.646. The minimum Gasteiger partial charge on any atom is -0.497 e. The van der Waals surface area contributed by atoms with Gasteiger partial charge < -0.3 is 14.8 Å². The first-order chi connectivity index (χ1) is 11.0. The molecule has 1 aromatic heterocycles. The Bertz CT molecular complexity index is 899. The number of carbonyl (C=O) groups is 1. The van der Waals surface area contributed by atoms with Gasteiger partial charge in [-0.15, -0.1) is 0 Å². The number of aryl methyl sites for hydroxylation is 1. The number of methoxy groups -OCH3 is 1. The number of rotatable bonds is 4. The van der Waals surface area contributed by atoms with Crippen molar-refractivity contribution in [3.8, 4) is 17.0 Å². The van der Waals surface area contributed by atoms with E-state index in [0.29, 0.717) is 22.6 Å². The third-order valence-electron chi connectivity index (χ3n) is 3.86. The number of carboxylic acids is 1. The van der Waals surface area contributed by atoms with Crippen LogP contribution in [-0.2, 0) is 11.2 Å². The number of carboxylic acid groups (broad SMARTS) is 1. The van der Waals surface area contributed by atoms with Crippen LogP contribution in [0.25, 0.3) is 22.2 Å². The zero-order chi connectivity index (χ0) is 16.6. The predicted octanol–water partition coefficient (Wildman–Crippen LogP) is 3.92. The van der Waals surface area contributed by atoms with Crippen molar-refractivity contribution in [1.82, 2.24) is 4.98 Å². The summed E-state index contributed by atoms with van der Waals surface area (Å²) in [5, 5.41) is 10.0. The third-order valence-corrected chi connectivity index (χ3v) is 3.86. The van der Waals surface area contributed by atoms with Crippen LogP contribution in [-0.4, -0.2) is 23.2 Å². The molecule has 0 amide bonds. The zero-order valence-electron chi connectivity index (χ0n) is 12.8. The smallest absolute Gasteiger partial charge is 0.307 e. The van der Waals surface area contributed by atoms with Gasteiger partial charge in [0, 0.05) is 16.5 Å². The van der Waals surface area contributed by atoms with E-state index < -0.39 is 5.97 Å². The van der Waals surface area contributed by atoms with Crippen LogP contribution in [0.1, 0.15) is 11.1 Å². The summed E-state index contributed by atoms with van der Waals surface area (Å²) in [6, 6.07) is 9.79. The van der Waals surface area contributed by atoms with E-state index in [-0.39, 0.29) is 12.2 Å². The molecule has 23 heavy (non-hydrogen) atoms. The average molecular weight is 313 g/mol. The number of nitrogens with one attached hydrogen (secondary N) is 1. The highest BCUT2D eigenvalue weighted by Crippen LogP contribution is 2.35. The van der Waals surface area contributed by atoms with Crippen LogP contribution >= 0.6 is 0 Å².